The maximum absolute atomic E-state index is 11.8. The first-order valence-electron chi connectivity index (χ1n) is 5.64. The van der Waals surface area contributed by atoms with E-state index in [2.05, 4.69) is 21.2 Å². The highest BCUT2D eigenvalue weighted by atomic mass is 79.9. The molecule has 1 amide bonds. The van der Waals surface area contributed by atoms with Gasteiger partial charge in [-0.05, 0) is 18.1 Å². The number of benzene rings is 1. The Labute approximate surface area is 119 Å². The zero-order valence-corrected chi connectivity index (χ0v) is 12.4. The molecule has 1 atom stereocenters. The van der Waals surface area contributed by atoms with Crippen molar-refractivity contribution in [3.05, 3.63) is 28.3 Å². The van der Waals surface area contributed by atoms with Crippen LogP contribution in [0.3, 0.4) is 0 Å². The third-order valence-electron chi connectivity index (χ3n) is 2.48. The molecular formula is C12H15BrN2O4. The Morgan fingerprint density at radius 1 is 1.47 bits per heavy atom. The molecule has 0 aliphatic rings. The largest absolute Gasteiger partial charge is 0.490 e. The Kier molecular flexibility index (Phi) is 5.29. The number of nitro benzene ring substituents is 1. The zero-order valence-electron chi connectivity index (χ0n) is 10.8. The Morgan fingerprint density at radius 2 is 2.11 bits per heavy atom. The van der Waals surface area contributed by atoms with Gasteiger partial charge in [0, 0.05) is 11.8 Å². The van der Waals surface area contributed by atoms with Crippen LogP contribution in [0.25, 0.3) is 0 Å². The van der Waals surface area contributed by atoms with Crippen molar-refractivity contribution < 1.29 is 14.5 Å². The van der Waals surface area contributed by atoms with Crippen molar-refractivity contribution in [2.75, 3.05) is 12.4 Å². The SMILES string of the molecule is COc1ccc(NC(=O)C(Br)C(C)C)cc1[N+](=O)[O-]. The van der Waals surface area contributed by atoms with Gasteiger partial charge < -0.3 is 10.1 Å². The van der Waals surface area contributed by atoms with Gasteiger partial charge in [0.25, 0.3) is 0 Å². The standard InChI is InChI=1S/C12H15BrN2O4/c1-7(2)11(13)12(16)14-8-4-5-10(19-3)9(6-8)15(17)18/h4-7,11H,1-3H3,(H,14,16). The number of halogens is 1. The van der Waals surface area contributed by atoms with Crippen LogP contribution >= 0.6 is 15.9 Å². The molecule has 0 aliphatic carbocycles. The second-order valence-electron chi connectivity index (χ2n) is 4.28. The number of hydrogen-bond donors (Lipinski definition) is 1. The summed E-state index contributed by atoms with van der Waals surface area (Å²) >= 11 is 3.27. The van der Waals surface area contributed by atoms with Crippen LogP contribution in [0, 0.1) is 16.0 Å². The second-order valence-corrected chi connectivity index (χ2v) is 5.27. The van der Waals surface area contributed by atoms with Crippen LogP contribution in [0.5, 0.6) is 5.75 Å². The normalized spacial score (nSPS) is 12.1. The molecule has 1 aromatic carbocycles. The van der Waals surface area contributed by atoms with Crippen molar-refractivity contribution in [3.8, 4) is 5.75 Å². The lowest BCUT2D eigenvalue weighted by Gasteiger charge is -2.14. The molecule has 19 heavy (non-hydrogen) atoms. The minimum absolute atomic E-state index is 0.119. The molecule has 0 fully saturated rings. The van der Waals surface area contributed by atoms with E-state index in [4.69, 9.17) is 4.74 Å². The summed E-state index contributed by atoms with van der Waals surface area (Å²) in [4.78, 5) is 21.8. The van der Waals surface area contributed by atoms with E-state index in [1.807, 2.05) is 13.8 Å². The van der Waals surface area contributed by atoms with Gasteiger partial charge in [0.2, 0.25) is 5.91 Å². The van der Waals surface area contributed by atoms with E-state index >= 15 is 0 Å². The van der Waals surface area contributed by atoms with E-state index in [0.717, 1.165) is 0 Å². The van der Waals surface area contributed by atoms with Gasteiger partial charge in [-0.1, -0.05) is 29.8 Å². The Hall–Kier alpha value is -1.63. The lowest BCUT2D eigenvalue weighted by atomic mass is 10.1. The number of nitrogens with zero attached hydrogens (tertiary/aromatic N) is 1. The third kappa shape index (κ3) is 3.92. The topological polar surface area (TPSA) is 81.5 Å². The first-order valence-corrected chi connectivity index (χ1v) is 6.55. The summed E-state index contributed by atoms with van der Waals surface area (Å²) in [6.07, 6.45) is 0. The number of amides is 1. The minimum Gasteiger partial charge on any atom is -0.490 e. The number of ether oxygens (including phenoxy) is 1. The fraction of sp³-hybridized carbons (Fsp3) is 0.417. The predicted octanol–water partition coefficient (Wildman–Crippen LogP) is 2.96. The van der Waals surface area contributed by atoms with Crippen molar-refractivity contribution in [1.82, 2.24) is 0 Å². The van der Waals surface area contributed by atoms with Crippen LogP contribution in [-0.4, -0.2) is 22.8 Å². The van der Waals surface area contributed by atoms with Crippen LogP contribution in [0.15, 0.2) is 18.2 Å². The lowest BCUT2D eigenvalue weighted by molar-refractivity contribution is -0.385. The highest BCUT2D eigenvalue weighted by Crippen LogP contribution is 2.30. The number of anilines is 1. The van der Waals surface area contributed by atoms with Gasteiger partial charge in [-0.25, -0.2) is 0 Å². The van der Waals surface area contributed by atoms with Crippen molar-refractivity contribution in [2.45, 2.75) is 18.7 Å². The van der Waals surface area contributed by atoms with E-state index < -0.39 is 4.92 Å². The second kappa shape index (κ2) is 6.51. The Morgan fingerprint density at radius 3 is 2.58 bits per heavy atom. The molecule has 6 nitrogen and oxygen atoms in total. The molecular weight excluding hydrogens is 316 g/mol. The van der Waals surface area contributed by atoms with E-state index in [-0.39, 0.29) is 28.1 Å². The van der Waals surface area contributed by atoms with E-state index in [0.29, 0.717) is 5.69 Å². The number of rotatable bonds is 5. The molecule has 1 N–H and O–H groups in total. The highest BCUT2D eigenvalue weighted by molar-refractivity contribution is 9.10. The molecule has 1 unspecified atom stereocenters. The molecule has 7 heteroatoms. The molecule has 1 rings (SSSR count). The van der Waals surface area contributed by atoms with Crippen LogP contribution in [-0.2, 0) is 4.79 Å². The average Bonchev–Trinajstić information content (AvgIpc) is 2.37. The number of carbonyl (C=O) groups excluding carboxylic acids is 1. The van der Waals surface area contributed by atoms with Crippen molar-refractivity contribution in [3.63, 3.8) is 0 Å². The van der Waals surface area contributed by atoms with E-state index in [9.17, 15) is 14.9 Å². The van der Waals surface area contributed by atoms with Gasteiger partial charge in [-0.3, -0.25) is 14.9 Å². The van der Waals surface area contributed by atoms with Gasteiger partial charge in [-0.2, -0.15) is 0 Å². The molecule has 0 spiro atoms. The van der Waals surface area contributed by atoms with Crippen LogP contribution in [0.1, 0.15) is 13.8 Å². The summed E-state index contributed by atoms with van der Waals surface area (Å²) < 4.78 is 4.89. The molecule has 0 aliphatic heterocycles. The smallest absolute Gasteiger partial charge is 0.312 e. The quantitative estimate of drug-likeness (QED) is 0.511. The maximum atomic E-state index is 11.8. The van der Waals surface area contributed by atoms with Crippen molar-refractivity contribution in [1.29, 1.82) is 0 Å². The highest BCUT2D eigenvalue weighted by Gasteiger charge is 2.20. The van der Waals surface area contributed by atoms with Crippen molar-refractivity contribution >= 4 is 33.2 Å². The Bertz CT molecular complexity index is 491. The predicted molar refractivity (Wildman–Crippen MR) is 75.8 cm³/mol. The summed E-state index contributed by atoms with van der Waals surface area (Å²) in [5.74, 6) is 0.0324. The zero-order chi connectivity index (χ0) is 14.6. The molecule has 104 valence electrons. The number of methoxy groups -OCH3 is 1. The first kappa shape index (κ1) is 15.4. The summed E-state index contributed by atoms with van der Waals surface area (Å²) in [5.41, 5.74) is 0.179. The van der Waals surface area contributed by atoms with Crippen LogP contribution in [0.4, 0.5) is 11.4 Å². The van der Waals surface area contributed by atoms with Crippen LogP contribution < -0.4 is 10.1 Å². The average molecular weight is 331 g/mol. The monoisotopic (exact) mass is 330 g/mol. The molecule has 0 saturated carbocycles. The summed E-state index contributed by atoms with van der Waals surface area (Å²) in [6, 6.07) is 4.28. The first-order chi connectivity index (χ1) is 8.86. The lowest BCUT2D eigenvalue weighted by Crippen LogP contribution is -2.26. The molecule has 0 bridgehead atoms. The van der Waals surface area contributed by atoms with Crippen LogP contribution in [0.2, 0.25) is 0 Å². The summed E-state index contributed by atoms with van der Waals surface area (Å²) in [6.45, 7) is 3.80. The summed E-state index contributed by atoms with van der Waals surface area (Å²) in [7, 11) is 1.36. The molecule has 0 radical (unpaired) electrons. The fourth-order valence-corrected chi connectivity index (χ4v) is 1.54. The molecule has 0 heterocycles. The van der Waals surface area contributed by atoms with Gasteiger partial charge >= 0.3 is 5.69 Å². The van der Waals surface area contributed by atoms with Gasteiger partial charge in [0.1, 0.15) is 0 Å². The fourth-order valence-electron chi connectivity index (χ4n) is 1.42. The molecule has 0 aromatic heterocycles. The van der Waals surface area contributed by atoms with Gasteiger partial charge in [0.15, 0.2) is 5.75 Å². The Balaban J connectivity index is 2.94. The number of nitro groups is 1. The van der Waals surface area contributed by atoms with E-state index in [1.165, 1.54) is 19.2 Å². The summed E-state index contributed by atoms with van der Waals surface area (Å²) in [5, 5.41) is 13.5. The van der Waals surface area contributed by atoms with Gasteiger partial charge in [-0.15, -0.1) is 0 Å². The third-order valence-corrected chi connectivity index (χ3v) is 3.95. The number of carbonyl (C=O) groups is 1. The number of hydrogen-bond acceptors (Lipinski definition) is 4. The van der Waals surface area contributed by atoms with E-state index in [1.54, 1.807) is 6.07 Å². The number of alkyl halides is 1. The van der Waals surface area contributed by atoms with Crippen molar-refractivity contribution in [2.24, 2.45) is 5.92 Å². The molecule has 0 saturated heterocycles. The minimum atomic E-state index is -0.553. The maximum Gasteiger partial charge on any atom is 0.312 e. The number of nitrogens with one attached hydrogen (secondary N) is 1. The molecule has 1 aromatic rings. The van der Waals surface area contributed by atoms with Gasteiger partial charge in [0.05, 0.1) is 16.9 Å².